The maximum Gasteiger partial charge on any atom is 0.219 e. The molecule has 0 saturated carbocycles. The summed E-state index contributed by atoms with van der Waals surface area (Å²) in [5, 5.41) is 3.11. The molecule has 0 heterocycles. The molecule has 2 heteroatoms. The van der Waals surface area contributed by atoms with Gasteiger partial charge in [0, 0.05) is 13.0 Å². The molecule has 2 aromatic carbocycles. The van der Waals surface area contributed by atoms with E-state index in [-0.39, 0.29) is 5.91 Å². The van der Waals surface area contributed by atoms with Gasteiger partial charge in [0.2, 0.25) is 5.91 Å². The van der Waals surface area contributed by atoms with E-state index < -0.39 is 0 Å². The van der Waals surface area contributed by atoms with Crippen molar-refractivity contribution in [3.05, 3.63) is 70.3 Å². The van der Waals surface area contributed by atoms with Crippen molar-refractivity contribution in [2.75, 3.05) is 6.54 Å². The summed E-state index contributed by atoms with van der Waals surface area (Å²) in [6.45, 7) is 7.36. The van der Waals surface area contributed by atoms with Gasteiger partial charge in [-0.15, -0.1) is 0 Å². The number of unbranched alkanes of at least 4 members (excludes halogenated alkanes) is 11. The van der Waals surface area contributed by atoms with Crippen molar-refractivity contribution in [1.29, 1.82) is 0 Å². The first kappa shape index (κ1) is 29.9. The van der Waals surface area contributed by atoms with Crippen LogP contribution >= 0.6 is 0 Å². The van der Waals surface area contributed by atoms with E-state index in [1.807, 2.05) is 0 Å². The van der Waals surface area contributed by atoms with Crippen LogP contribution in [-0.2, 0) is 11.2 Å². The molecule has 2 aromatic rings. The standard InChI is InChI=1S/C34H51NO/c1-4-5-6-7-8-9-10-11-12-13-14-15-24-34(36)35-27-18-23-31-21-17-22-32(28-31)25-26-33-29(2)19-16-20-30(33)3/h16-17,19-22,25-26,28H,4-15,18,23-24,27H2,1-3H3,(H,35,36)/b26-25+. The number of hydrogen-bond donors (Lipinski definition) is 1. The molecule has 0 aliphatic carbocycles. The van der Waals surface area contributed by atoms with Crippen molar-refractivity contribution in [2.24, 2.45) is 0 Å². The van der Waals surface area contributed by atoms with Gasteiger partial charge in [-0.1, -0.05) is 132 Å². The lowest BCUT2D eigenvalue weighted by atomic mass is 10.0. The highest BCUT2D eigenvalue weighted by atomic mass is 16.1. The van der Waals surface area contributed by atoms with E-state index in [0.29, 0.717) is 6.42 Å². The molecule has 0 aromatic heterocycles. The van der Waals surface area contributed by atoms with Gasteiger partial charge in [-0.3, -0.25) is 4.79 Å². The maximum absolute atomic E-state index is 12.1. The highest BCUT2D eigenvalue weighted by Crippen LogP contribution is 2.18. The summed E-state index contributed by atoms with van der Waals surface area (Å²) in [7, 11) is 0. The van der Waals surface area contributed by atoms with Crippen LogP contribution in [0.1, 0.15) is 125 Å². The second-order valence-corrected chi connectivity index (χ2v) is 10.5. The Morgan fingerprint density at radius 2 is 1.31 bits per heavy atom. The van der Waals surface area contributed by atoms with Crippen LogP contribution in [0.5, 0.6) is 0 Å². The molecule has 0 bridgehead atoms. The van der Waals surface area contributed by atoms with Crippen LogP contribution in [0.15, 0.2) is 42.5 Å². The van der Waals surface area contributed by atoms with Crippen molar-refractivity contribution in [2.45, 2.75) is 117 Å². The minimum atomic E-state index is 0.215. The number of amides is 1. The largest absolute Gasteiger partial charge is 0.356 e. The molecule has 0 saturated heterocycles. The Kier molecular flexibility index (Phi) is 15.6. The zero-order chi connectivity index (χ0) is 25.8. The van der Waals surface area contributed by atoms with Gasteiger partial charge < -0.3 is 5.32 Å². The Labute approximate surface area is 222 Å². The third kappa shape index (κ3) is 13.1. The Morgan fingerprint density at radius 3 is 1.94 bits per heavy atom. The van der Waals surface area contributed by atoms with Crippen molar-refractivity contribution < 1.29 is 4.79 Å². The summed E-state index contributed by atoms with van der Waals surface area (Å²) in [5.41, 5.74) is 6.47. The van der Waals surface area contributed by atoms with E-state index >= 15 is 0 Å². The smallest absolute Gasteiger partial charge is 0.219 e. The molecule has 198 valence electrons. The van der Waals surface area contributed by atoms with Crippen LogP contribution in [0.2, 0.25) is 0 Å². The molecule has 0 spiro atoms. The van der Waals surface area contributed by atoms with Crippen LogP contribution in [0.3, 0.4) is 0 Å². The van der Waals surface area contributed by atoms with Gasteiger partial charge in [0.15, 0.2) is 0 Å². The molecule has 2 rings (SSSR count). The first-order valence-electron chi connectivity index (χ1n) is 14.7. The molecule has 0 unspecified atom stereocenters. The summed E-state index contributed by atoms with van der Waals surface area (Å²) in [6, 6.07) is 15.2. The third-order valence-corrected chi connectivity index (χ3v) is 7.16. The summed E-state index contributed by atoms with van der Waals surface area (Å²) >= 11 is 0. The predicted molar refractivity (Wildman–Crippen MR) is 158 cm³/mol. The monoisotopic (exact) mass is 489 g/mol. The number of nitrogens with one attached hydrogen (secondary N) is 1. The Morgan fingerprint density at radius 1 is 0.722 bits per heavy atom. The minimum Gasteiger partial charge on any atom is -0.356 e. The van der Waals surface area contributed by atoms with Gasteiger partial charge in [-0.05, 0) is 60.9 Å². The van der Waals surface area contributed by atoms with E-state index in [4.69, 9.17) is 0 Å². The highest BCUT2D eigenvalue weighted by Gasteiger charge is 2.02. The van der Waals surface area contributed by atoms with E-state index in [9.17, 15) is 4.79 Å². The van der Waals surface area contributed by atoms with Crippen LogP contribution in [0.25, 0.3) is 12.2 Å². The Bertz CT molecular complexity index is 878. The van der Waals surface area contributed by atoms with E-state index in [1.54, 1.807) is 0 Å². The lowest BCUT2D eigenvalue weighted by Crippen LogP contribution is -2.24. The summed E-state index contributed by atoms with van der Waals surface area (Å²) in [4.78, 5) is 12.1. The molecule has 36 heavy (non-hydrogen) atoms. The van der Waals surface area contributed by atoms with Gasteiger partial charge in [-0.25, -0.2) is 0 Å². The van der Waals surface area contributed by atoms with Gasteiger partial charge in [0.05, 0.1) is 0 Å². The maximum atomic E-state index is 12.1. The average molecular weight is 490 g/mol. The van der Waals surface area contributed by atoms with Crippen LogP contribution in [0.4, 0.5) is 0 Å². The molecule has 0 fully saturated rings. The Hall–Kier alpha value is -2.35. The molecule has 1 amide bonds. The number of carbonyl (C=O) groups is 1. The van der Waals surface area contributed by atoms with E-state index in [1.165, 1.54) is 98.4 Å². The zero-order valence-corrected chi connectivity index (χ0v) is 23.4. The van der Waals surface area contributed by atoms with Crippen molar-refractivity contribution in [3.8, 4) is 0 Å². The van der Waals surface area contributed by atoms with Crippen LogP contribution in [0, 0.1) is 13.8 Å². The predicted octanol–water partition coefficient (Wildman–Crippen LogP) is 9.61. The normalized spacial score (nSPS) is 11.3. The summed E-state index contributed by atoms with van der Waals surface area (Å²) < 4.78 is 0. The quantitative estimate of drug-likeness (QED) is 0.154. The molecule has 0 atom stereocenters. The molecule has 2 nitrogen and oxygen atoms in total. The van der Waals surface area contributed by atoms with Gasteiger partial charge >= 0.3 is 0 Å². The lowest BCUT2D eigenvalue weighted by molar-refractivity contribution is -0.121. The minimum absolute atomic E-state index is 0.215. The van der Waals surface area contributed by atoms with Crippen LogP contribution in [-0.4, -0.2) is 12.5 Å². The van der Waals surface area contributed by atoms with Crippen molar-refractivity contribution in [1.82, 2.24) is 5.32 Å². The fraction of sp³-hybridized carbons (Fsp3) is 0.559. The molecular formula is C34H51NO. The van der Waals surface area contributed by atoms with Crippen molar-refractivity contribution >= 4 is 18.1 Å². The summed E-state index contributed by atoms with van der Waals surface area (Å²) in [5.74, 6) is 0.215. The fourth-order valence-electron chi connectivity index (χ4n) is 4.86. The molecule has 1 N–H and O–H groups in total. The Balaban J connectivity index is 1.52. The highest BCUT2D eigenvalue weighted by molar-refractivity contribution is 5.75. The van der Waals surface area contributed by atoms with Gasteiger partial charge in [-0.2, -0.15) is 0 Å². The second kappa shape index (κ2) is 18.9. The van der Waals surface area contributed by atoms with Crippen LogP contribution < -0.4 is 5.32 Å². The number of carbonyl (C=O) groups excluding carboxylic acids is 1. The topological polar surface area (TPSA) is 29.1 Å². The van der Waals surface area contributed by atoms with Gasteiger partial charge in [0.25, 0.3) is 0 Å². The summed E-state index contributed by atoms with van der Waals surface area (Å²) in [6.07, 6.45) is 23.0. The zero-order valence-electron chi connectivity index (χ0n) is 23.4. The fourth-order valence-corrected chi connectivity index (χ4v) is 4.86. The SMILES string of the molecule is CCCCCCCCCCCCCCC(=O)NCCCc1cccc(/C=C/c2c(C)cccc2C)c1. The average Bonchev–Trinajstić information content (AvgIpc) is 2.87. The number of hydrogen-bond acceptors (Lipinski definition) is 1. The van der Waals surface area contributed by atoms with Crippen molar-refractivity contribution in [3.63, 3.8) is 0 Å². The molecular weight excluding hydrogens is 438 g/mol. The third-order valence-electron chi connectivity index (χ3n) is 7.16. The number of rotatable bonds is 19. The van der Waals surface area contributed by atoms with Gasteiger partial charge in [0.1, 0.15) is 0 Å². The number of benzene rings is 2. The van der Waals surface area contributed by atoms with E-state index in [0.717, 1.165) is 25.8 Å². The second-order valence-electron chi connectivity index (χ2n) is 10.5. The first-order chi connectivity index (χ1) is 17.6. The van der Waals surface area contributed by atoms with E-state index in [2.05, 4.69) is 80.7 Å². The molecule has 0 aliphatic heterocycles. The molecule has 0 radical (unpaired) electrons. The lowest BCUT2D eigenvalue weighted by Gasteiger charge is -2.07. The molecule has 0 aliphatic rings. The number of aryl methyl sites for hydroxylation is 3. The first-order valence-corrected chi connectivity index (χ1v) is 14.7.